The number of hydrogen-bond donors (Lipinski definition) is 1. The Morgan fingerprint density at radius 3 is 2.53 bits per heavy atom. The lowest BCUT2D eigenvalue weighted by molar-refractivity contribution is 0.0687. The van der Waals surface area contributed by atoms with Gasteiger partial charge in [0, 0.05) is 17.0 Å². The fraction of sp³-hybridized carbons (Fsp3) is 0.154. The van der Waals surface area contributed by atoms with E-state index in [2.05, 4.69) is 20.9 Å². The number of aromatic nitrogens is 1. The number of aromatic carboxylic acids is 1. The molecule has 0 saturated carbocycles. The summed E-state index contributed by atoms with van der Waals surface area (Å²) >= 11 is 4.51. The number of carboxylic acid groups (broad SMARTS) is 1. The summed E-state index contributed by atoms with van der Waals surface area (Å²) in [5.74, 6) is -1.46. The van der Waals surface area contributed by atoms with Gasteiger partial charge in [-0.2, -0.15) is 0 Å². The quantitative estimate of drug-likeness (QED) is 0.864. The second kappa shape index (κ2) is 5.22. The van der Waals surface area contributed by atoms with Crippen molar-refractivity contribution >= 4 is 39.0 Å². The highest BCUT2D eigenvalue weighted by Gasteiger charge is 2.21. The van der Waals surface area contributed by atoms with Gasteiger partial charge in [0.05, 0.1) is 0 Å². The zero-order valence-corrected chi connectivity index (χ0v) is 12.6. The molecule has 0 bridgehead atoms. The van der Waals surface area contributed by atoms with Gasteiger partial charge in [-0.1, -0.05) is 22.0 Å². The maximum absolute atomic E-state index is 11.4. The number of Topliss-reactive ketones (excluding diaryl/α,β-unsaturated/α-hetero) is 1. The molecule has 1 N–H and O–H groups in total. The minimum absolute atomic E-state index is 0.173. The van der Waals surface area contributed by atoms with Crippen LogP contribution in [0, 0.1) is 6.92 Å². The molecule has 19 heavy (non-hydrogen) atoms. The number of rotatable bonds is 3. The third kappa shape index (κ3) is 2.74. The summed E-state index contributed by atoms with van der Waals surface area (Å²) in [5, 5.41) is 9.60. The van der Waals surface area contributed by atoms with Crippen molar-refractivity contribution in [3.8, 4) is 10.6 Å². The monoisotopic (exact) mass is 339 g/mol. The molecule has 0 aliphatic heterocycles. The van der Waals surface area contributed by atoms with Gasteiger partial charge in [-0.15, -0.1) is 11.3 Å². The van der Waals surface area contributed by atoms with Crippen LogP contribution in [0.2, 0.25) is 0 Å². The summed E-state index contributed by atoms with van der Waals surface area (Å²) < 4.78 is 0.970. The number of carbonyl (C=O) groups excluding carboxylic acids is 1. The van der Waals surface area contributed by atoms with Crippen molar-refractivity contribution in [2.45, 2.75) is 13.8 Å². The van der Waals surface area contributed by atoms with E-state index in [1.54, 1.807) is 0 Å². The van der Waals surface area contributed by atoms with Crippen LogP contribution >= 0.6 is 27.3 Å². The molecule has 1 aromatic carbocycles. The van der Waals surface area contributed by atoms with E-state index in [0.29, 0.717) is 5.01 Å². The van der Waals surface area contributed by atoms with Crippen LogP contribution in [0.5, 0.6) is 0 Å². The molecule has 0 fully saturated rings. The van der Waals surface area contributed by atoms with Crippen molar-refractivity contribution in [3.63, 3.8) is 0 Å². The number of halogens is 1. The highest BCUT2D eigenvalue weighted by atomic mass is 79.9. The Morgan fingerprint density at radius 2 is 2.05 bits per heavy atom. The van der Waals surface area contributed by atoms with Crippen LogP contribution in [-0.4, -0.2) is 21.8 Å². The summed E-state index contributed by atoms with van der Waals surface area (Å²) in [6.07, 6.45) is 0. The Morgan fingerprint density at radius 1 is 1.37 bits per heavy atom. The molecular formula is C13H10BrNO3S. The average molecular weight is 340 g/mol. The van der Waals surface area contributed by atoms with Crippen molar-refractivity contribution in [3.05, 3.63) is 38.8 Å². The van der Waals surface area contributed by atoms with Crippen molar-refractivity contribution in [2.75, 3.05) is 0 Å². The average Bonchev–Trinajstić information content (AvgIpc) is 2.78. The third-order valence-electron chi connectivity index (χ3n) is 2.55. The van der Waals surface area contributed by atoms with Gasteiger partial charge in [0.15, 0.2) is 11.5 Å². The number of aryl methyl sites for hydroxylation is 1. The summed E-state index contributed by atoms with van der Waals surface area (Å²) in [5.41, 5.74) is 1.66. The molecule has 98 valence electrons. The van der Waals surface area contributed by atoms with Crippen molar-refractivity contribution < 1.29 is 14.7 Å². The molecule has 6 heteroatoms. The molecule has 0 spiro atoms. The van der Waals surface area contributed by atoms with Gasteiger partial charge in [-0.25, -0.2) is 9.78 Å². The predicted molar refractivity (Wildman–Crippen MR) is 77.0 cm³/mol. The second-order valence-electron chi connectivity index (χ2n) is 4.02. The molecule has 0 amide bonds. The molecule has 1 heterocycles. The van der Waals surface area contributed by atoms with Crippen molar-refractivity contribution in [1.29, 1.82) is 0 Å². The number of nitrogens with zero attached hydrogens (tertiary/aromatic N) is 1. The Bertz CT molecular complexity index is 647. The van der Waals surface area contributed by atoms with E-state index in [1.165, 1.54) is 6.92 Å². The van der Waals surface area contributed by atoms with Crippen LogP contribution in [-0.2, 0) is 0 Å². The lowest BCUT2D eigenvalue weighted by atomic mass is 10.1. The number of ketones is 1. The van der Waals surface area contributed by atoms with Crippen molar-refractivity contribution in [2.24, 2.45) is 0 Å². The van der Waals surface area contributed by atoms with Gasteiger partial charge in [0.1, 0.15) is 9.88 Å². The van der Waals surface area contributed by atoms with Crippen LogP contribution in [0.1, 0.15) is 32.6 Å². The maximum atomic E-state index is 11.4. The molecule has 0 aliphatic rings. The number of hydrogen-bond acceptors (Lipinski definition) is 4. The fourth-order valence-corrected chi connectivity index (χ4v) is 2.80. The summed E-state index contributed by atoms with van der Waals surface area (Å²) in [7, 11) is 0. The number of thiazole rings is 1. The first kappa shape index (κ1) is 13.9. The lowest BCUT2D eigenvalue weighted by Gasteiger charge is -2.00. The fourth-order valence-electron chi connectivity index (χ4n) is 1.60. The van der Waals surface area contributed by atoms with Gasteiger partial charge in [0.2, 0.25) is 0 Å². The van der Waals surface area contributed by atoms with E-state index in [1.807, 2.05) is 25.1 Å². The number of carbonyl (C=O) groups is 2. The van der Waals surface area contributed by atoms with Gasteiger partial charge >= 0.3 is 5.97 Å². The van der Waals surface area contributed by atoms with Crippen LogP contribution in [0.3, 0.4) is 0 Å². The summed E-state index contributed by atoms with van der Waals surface area (Å²) in [4.78, 5) is 26.8. The van der Waals surface area contributed by atoms with Gasteiger partial charge in [0.25, 0.3) is 0 Å². The predicted octanol–water partition coefficient (Wildman–Crippen LogP) is 3.78. The van der Waals surface area contributed by atoms with Gasteiger partial charge in [-0.3, -0.25) is 4.79 Å². The zero-order valence-electron chi connectivity index (χ0n) is 10.2. The van der Waals surface area contributed by atoms with E-state index >= 15 is 0 Å². The largest absolute Gasteiger partial charge is 0.476 e. The van der Waals surface area contributed by atoms with E-state index in [-0.39, 0.29) is 16.4 Å². The van der Waals surface area contributed by atoms with E-state index in [4.69, 9.17) is 5.11 Å². The lowest BCUT2D eigenvalue weighted by Crippen LogP contribution is -2.03. The van der Waals surface area contributed by atoms with Crippen molar-refractivity contribution in [1.82, 2.24) is 4.98 Å². The zero-order chi connectivity index (χ0) is 14.2. The molecule has 4 nitrogen and oxygen atoms in total. The summed E-state index contributed by atoms with van der Waals surface area (Å²) in [6, 6.07) is 5.61. The highest BCUT2D eigenvalue weighted by molar-refractivity contribution is 9.10. The Labute approximate surface area is 122 Å². The SMILES string of the molecule is CC(=O)c1sc(-c2ccc(Br)c(C)c2)nc1C(=O)O. The van der Waals surface area contributed by atoms with Crippen LogP contribution in [0.15, 0.2) is 22.7 Å². The molecule has 0 aliphatic carbocycles. The Balaban J connectivity index is 2.57. The minimum atomic E-state index is -1.18. The Kier molecular flexibility index (Phi) is 3.82. The van der Waals surface area contributed by atoms with E-state index in [0.717, 1.165) is 26.9 Å². The molecule has 0 atom stereocenters. The molecule has 0 radical (unpaired) electrons. The third-order valence-corrected chi connectivity index (χ3v) is 4.65. The van der Waals surface area contributed by atoms with E-state index in [9.17, 15) is 9.59 Å². The minimum Gasteiger partial charge on any atom is -0.476 e. The smallest absolute Gasteiger partial charge is 0.356 e. The first-order chi connectivity index (χ1) is 8.90. The van der Waals surface area contributed by atoms with Gasteiger partial charge < -0.3 is 5.11 Å². The second-order valence-corrected chi connectivity index (χ2v) is 5.88. The van der Waals surface area contributed by atoms with E-state index < -0.39 is 5.97 Å². The number of carboxylic acids is 1. The Hall–Kier alpha value is -1.53. The van der Waals surface area contributed by atoms with Crippen LogP contribution in [0.25, 0.3) is 10.6 Å². The molecule has 2 aromatic rings. The molecule has 1 aromatic heterocycles. The number of benzene rings is 1. The normalized spacial score (nSPS) is 10.5. The standard InChI is InChI=1S/C13H10BrNO3S/c1-6-5-8(3-4-9(6)14)12-15-10(13(17)18)11(19-12)7(2)16/h3-5H,1-2H3,(H,17,18). The first-order valence-electron chi connectivity index (χ1n) is 5.41. The molecule has 0 unspecified atom stereocenters. The van der Waals surface area contributed by atoms with Gasteiger partial charge in [-0.05, 0) is 24.6 Å². The molecule has 2 rings (SSSR count). The van der Waals surface area contributed by atoms with Crippen LogP contribution < -0.4 is 0 Å². The highest BCUT2D eigenvalue weighted by Crippen LogP contribution is 2.30. The maximum Gasteiger partial charge on any atom is 0.356 e. The summed E-state index contributed by atoms with van der Waals surface area (Å²) in [6.45, 7) is 3.28. The molecule has 0 saturated heterocycles. The molecular weight excluding hydrogens is 330 g/mol. The topological polar surface area (TPSA) is 67.3 Å². The van der Waals surface area contributed by atoms with Crippen LogP contribution in [0.4, 0.5) is 0 Å². The first-order valence-corrected chi connectivity index (χ1v) is 7.02.